The van der Waals surface area contributed by atoms with E-state index in [1.807, 2.05) is 19.9 Å². The number of benzene rings is 1. The van der Waals surface area contributed by atoms with Crippen molar-refractivity contribution in [2.24, 2.45) is 0 Å². The summed E-state index contributed by atoms with van der Waals surface area (Å²) in [5.74, 6) is -0.661. The molecule has 1 aliphatic rings. The SMILES string of the molecule is CC.O=C([O-])[C@H]1[NH2+]C[C@H](O)[C@H]1Oc1ccccc1. The summed E-state index contributed by atoms with van der Waals surface area (Å²) in [7, 11) is 0. The minimum Gasteiger partial charge on any atom is -0.544 e. The average Bonchev–Trinajstić information content (AvgIpc) is 2.75. The fourth-order valence-corrected chi connectivity index (χ4v) is 1.83. The van der Waals surface area contributed by atoms with Crippen LogP contribution in [0.4, 0.5) is 0 Å². The summed E-state index contributed by atoms with van der Waals surface area (Å²) >= 11 is 0. The number of para-hydroxylation sites is 1. The van der Waals surface area contributed by atoms with Gasteiger partial charge in [0.1, 0.15) is 24.4 Å². The first-order chi connectivity index (χ1) is 8.68. The summed E-state index contributed by atoms with van der Waals surface area (Å²) in [6.45, 7) is 4.32. The van der Waals surface area contributed by atoms with Crippen molar-refractivity contribution >= 4 is 5.97 Å². The molecule has 0 saturated carbocycles. The van der Waals surface area contributed by atoms with Crippen molar-refractivity contribution < 1.29 is 25.1 Å². The smallest absolute Gasteiger partial charge is 0.187 e. The summed E-state index contributed by atoms with van der Waals surface area (Å²) in [6.07, 6.45) is -1.55. The van der Waals surface area contributed by atoms with Crippen LogP contribution < -0.4 is 15.2 Å². The van der Waals surface area contributed by atoms with Crippen LogP contribution in [0.2, 0.25) is 0 Å². The number of ether oxygens (including phenoxy) is 1. The molecule has 5 nitrogen and oxygen atoms in total. The van der Waals surface area contributed by atoms with Crippen molar-refractivity contribution in [3.05, 3.63) is 30.3 Å². The highest BCUT2D eigenvalue weighted by molar-refractivity contribution is 5.70. The van der Waals surface area contributed by atoms with E-state index in [4.69, 9.17) is 4.74 Å². The van der Waals surface area contributed by atoms with Crippen LogP contribution in [-0.2, 0) is 4.79 Å². The maximum atomic E-state index is 10.8. The molecule has 0 radical (unpaired) electrons. The first kappa shape index (κ1) is 14.5. The molecule has 0 bridgehead atoms. The number of hydrogen-bond donors (Lipinski definition) is 2. The van der Waals surface area contributed by atoms with Crippen molar-refractivity contribution in [1.29, 1.82) is 0 Å². The molecule has 1 aromatic rings. The van der Waals surface area contributed by atoms with Gasteiger partial charge in [0, 0.05) is 0 Å². The zero-order chi connectivity index (χ0) is 13.5. The second-order valence-corrected chi connectivity index (χ2v) is 3.78. The van der Waals surface area contributed by atoms with Crippen molar-refractivity contribution in [1.82, 2.24) is 0 Å². The maximum absolute atomic E-state index is 10.8. The van der Waals surface area contributed by atoms with Gasteiger partial charge in [-0.15, -0.1) is 0 Å². The Morgan fingerprint density at radius 2 is 2.00 bits per heavy atom. The number of aliphatic hydroxyl groups is 1. The predicted octanol–water partition coefficient (Wildman–Crippen LogP) is -1.48. The van der Waals surface area contributed by atoms with Crippen molar-refractivity contribution in [3.8, 4) is 5.75 Å². The summed E-state index contributed by atoms with van der Waals surface area (Å²) in [6, 6.07) is 7.99. The quantitative estimate of drug-likeness (QED) is 0.687. The Morgan fingerprint density at radius 1 is 1.39 bits per heavy atom. The largest absolute Gasteiger partial charge is 0.544 e. The summed E-state index contributed by atoms with van der Waals surface area (Å²) in [4.78, 5) is 10.8. The third-order valence-electron chi connectivity index (χ3n) is 2.65. The van der Waals surface area contributed by atoms with Gasteiger partial charge in [-0.25, -0.2) is 0 Å². The molecule has 0 unspecified atom stereocenters. The van der Waals surface area contributed by atoms with Crippen LogP contribution >= 0.6 is 0 Å². The fraction of sp³-hybridized carbons (Fsp3) is 0.462. The van der Waals surface area contributed by atoms with Gasteiger partial charge in [0.05, 0.1) is 0 Å². The van der Waals surface area contributed by atoms with Crippen LogP contribution in [0.25, 0.3) is 0 Å². The topological polar surface area (TPSA) is 86.2 Å². The van der Waals surface area contributed by atoms with Gasteiger partial charge in [0.2, 0.25) is 0 Å². The lowest BCUT2D eigenvalue weighted by Gasteiger charge is -2.20. The number of carboxylic acid groups (broad SMARTS) is 1. The van der Waals surface area contributed by atoms with Crippen molar-refractivity contribution in [2.45, 2.75) is 32.1 Å². The molecule has 1 saturated heterocycles. The number of aliphatic carboxylic acids is 1. The molecule has 2 rings (SSSR count). The van der Waals surface area contributed by atoms with Gasteiger partial charge >= 0.3 is 0 Å². The molecular formula is C13H19NO4. The lowest BCUT2D eigenvalue weighted by Crippen LogP contribution is -2.91. The van der Waals surface area contributed by atoms with E-state index in [1.165, 1.54) is 5.32 Å². The van der Waals surface area contributed by atoms with E-state index in [1.54, 1.807) is 24.3 Å². The number of carbonyl (C=O) groups is 1. The number of quaternary nitrogens is 1. The first-order valence-electron chi connectivity index (χ1n) is 6.12. The number of carboxylic acids is 1. The average molecular weight is 253 g/mol. The third kappa shape index (κ3) is 3.45. The van der Waals surface area contributed by atoms with Crippen LogP contribution in [0.3, 0.4) is 0 Å². The molecule has 18 heavy (non-hydrogen) atoms. The molecule has 0 aliphatic carbocycles. The molecule has 0 amide bonds. The lowest BCUT2D eigenvalue weighted by atomic mass is 10.1. The van der Waals surface area contributed by atoms with Crippen molar-refractivity contribution in [3.63, 3.8) is 0 Å². The predicted molar refractivity (Wildman–Crippen MR) is 63.8 cm³/mol. The Hall–Kier alpha value is -1.59. The summed E-state index contributed by atoms with van der Waals surface area (Å²) in [5.41, 5.74) is 0. The molecule has 1 aliphatic heterocycles. The first-order valence-corrected chi connectivity index (χ1v) is 6.12. The maximum Gasteiger partial charge on any atom is 0.187 e. The Kier molecular flexibility index (Phi) is 5.61. The second kappa shape index (κ2) is 6.98. The molecule has 3 N–H and O–H groups in total. The van der Waals surface area contributed by atoms with Gasteiger partial charge in [0.25, 0.3) is 0 Å². The van der Waals surface area contributed by atoms with Crippen LogP contribution in [0.1, 0.15) is 13.8 Å². The molecule has 0 spiro atoms. The Labute approximate surface area is 106 Å². The number of aliphatic hydroxyl groups excluding tert-OH is 1. The third-order valence-corrected chi connectivity index (χ3v) is 2.65. The van der Waals surface area contributed by atoms with Gasteiger partial charge in [-0.1, -0.05) is 32.0 Å². The monoisotopic (exact) mass is 253 g/mol. The van der Waals surface area contributed by atoms with Crippen LogP contribution in [-0.4, -0.2) is 35.9 Å². The van der Waals surface area contributed by atoms with Gasteiger partial charge in [-0.05, 0) is 12.1 Å². The zero-order valence-corrected chi connectivity index (χ0v) is 10.6. The van der Waals surface area contributed by atoms with E-state index in [2.05, 4.69) is 0 Å². The summed E-state index contributed by atoms with van der Waals surface area (Å²) in [5, 5.41) is 22.0. The number of hydrogen-bond acceptors (Lipinski definition) is 4. The minimum absolute atomic E-state index is 0.316. The van der Waals surface area contributed by atoms with Crippen molar-refractivity contribution in [2.75, 3.05) is 6.54 Å². The fourth-order valence-electron chi connectivity index (χ4n) is 1.83. The number of nitrogens with two attached hydrogens (primary N) is 1. The molecule has 3 atom stereocenters. The Morgan fingerprint density at radius 3 is 2.56 bits per heavy atom. The van der Waals surface area contributed by atoms with E-state index in [0.717, 1.165) is 0 Å². The van der Waals surface area contributed by atoms with E-state index >= 15 is 0 Å². The summed E-state index contributed by atoms with van der Waals surface area (Å²) < 4.78 is 5.46. The lowest BCUT2D eigenvalue weighted by molar-refractivity contribution is -0.669. The highest BCUT2D eigenvalue weighted by Gasteiger charge is 2.41. The normalized spacial score (nSPS) is 26.1. The van der Waals surface area contributed by atoms with Gasteiger partial charge < -0.3 is 25.1 Å². The van der Waals surface area contributed by atoms with E-state index in [0.29, 0.717) is 12.3 Å². The number of carbonyl (C=O) groups excluding carboxylic acids is 1. The molecule has 5 heteroatoms. The van der Waals surface area contributed by atoms with Gasteiger partial charge in [0.15, 0.2) is 12.1 Å². The van der Waals surface area contributed by atoms with Crippen LogP contribution in [0, 0.1) is 0 Å². The highest BCUT2D eigenvalue weighted by Crippen LogP contribution is 2.15. The minimum atomic E-state index is -1.21. The van der Waals surface area contributed by atoms with Gasteiger partial charge in [-0.3, -0.25) is 0 Å². The van der Waals surface area contributed by atoms with E-state index in [9.17, 15) is 15.0 Å². The van der Waals surface area contributed by atoms with Crippen LogP contribution in [0.5, 0.6) is 5.75 Å². The molecule has 0 aromatic heterocycles. The van der Waals surface area contributed by atoms with E-state index in [-0.39, 0.29) is 0 Å². The molecular weight excluding hydrogens is 234 g/mol. The standard InChI is InChI=1S/C11H13NO4.C2H6/c13-8-6-12-9(11(14)15)10(8)16-7-4-2-1-3-5-7;1-2/h1-5,8-10,12-13H,6H2,(H,14,15);1-2H3/t8-,9-,10+;/m0./s1. The molecule has 100 valence electrons. The molecule has 1 fully saturated rings. The zero-order valence-electron chi connectivity index (χ0n) is 10.6. The Bertz CT molecular complexity index is 369. The van der Waals surface area contributed by atoms with E-state index < -0.39 is 24.2 Å². The van der Waals surface area contributed by atoms with Gasteiger partial charge in [-0.2, -0.15) is 0 Å². The number of rotatable bonds is 3. The molecule has 1 aromatic carbocycles. The Balaban J connectivity index is 0.000000771. The van der Waals surface area contributed by atoms with Crippen LogP contribution in [0.15, 0.2) is 30.3 Å². The highest BCUT2D eigenvalue weighted by atomic mass is 16.5. The second-order valence-electron chi connectivity index (χ2n) is 3.78. The molecule has 1 heterocycles.